The molecule has 0 unspecified atom stereocenters. The summed E-state index contributed by atoms with van der Waals surface area (Å²) < 4.78 is 1.50. The van der Waals surface area contributed by atoms with Gasteiger partial charge in [0, 0.05) is 23.7 Å². The molecule has 4 nitrogen and oxygen atoms in total. The zero-order valence-corrected chi connectivity index (χ0v) is 10.2. The van der Waals surface area contributed by atoms with Gasteiger partial charge in [0.25, 0.3) is 0 Å². The van der Waals surface area contributed by atoms with E-state index in [0.717, 1.165) is 0 Å². The number of carboxylic acid groups (broad SMARTS) is 1. The van der Waals surface area contributed by atoms with Gasteiger partial charge in [-0.05, 0) is 12.1 Å². The van der Waals surface area contributed by atoms with E-state index in [1.807, 2.05) is 0 Å². The van der Waals surface area contributed by atoms with Crippen LogP contribution in [0.25, 0.3) is 10.9 Å². The third kappa shape index (κ3) is 1.90. The number of rotatable bonds is 1. The number of pyridine rings is 1. The molecule has 0 bridgehead atoms. The van der Waals surface area contributed by atoms with Gasteiger partial charge >= 0.3 is 5.97 Å². The van der Waals surface area contributed by atoms with Crippen molar-refractivity contribution in [1.29, 1.82) is 0 Å². The number of aryl methyl sites for hydroxylation is 1. The van der Waals surface area contributed by atoms with Crippen molar-refractivity contribution in [2.24, 2.45) is 7.05 Å². The first-order valence-electron chi connectivity index (χ1n) is 4.63. The van der Waals surface area contributed by atoms with Gasteiger partial charge < -0.3 is 9.67 Å². The van der Waals surface area contributed by atoms with E-state index >= 15 is 0 Å². The first kappa shape index (κ1) is 12.0. The van der Waals surface area contributed by atoms with Gasteiger partial charge in [-0.15, -0.1) is 0 Å². The lowest BCUT2D eigenvalue weighted by molar-refractivity contribution is 0.0695. The van der Waals surface area contributed by atoms with Gasteiger partial charge in [0.1, 0.15) is 5.56 Å². The summed E-state index contributed by atoms with van der Waals surface area (Å²) in [6.45, 7) is 0. The van der Waals surface area contributed by atoms with E-state index in [9.17, 15) is 9.59 Å². The molecule has 6 heteroatoms. The van der Waals surface area contributed by atoms with Crippen molar-refractivity contribution in [3.63, 3.8) is 0 Å². The van der Waals surface area contributed by atoms with Crippen molar-refractivity contribution in [3.8, 4) is 0 Å². The number of carboxylic acids is 1. The number of hydrogen-bond acceptors (Lipinski definition) is 2. The van der Waals surface area contributed by atoms with Crippen molar-refractivity contribution >= 4 is 40.1 Å². The van der Waals surface area contributed by atoms with Crippen LogP contribution in [0.3, 0.4) is 0 Å². The van der Waals surface area contributed by atoms with E-state index in [1.54, 1.807) is 7.05 Å². The number of fused-ring (bicyclic) bond motifs is 1. The zero-order valence-electron chi connectivity index (χ0n) is 8.70. The fourth-order valence-corrected chi connectivity index (χ4v) is 2.34. The highest BCUT2D eigenvalue weighted by molar-refractivity contribution is 6.38. The normalized spacial score (nSPS) is 10.8. The molecule has 88 valence electrons. The molecule has 0 spiro atoms. The van der Waals surface area contributed by atoms with Crippen molar-refractivity contribution in [1.82, 2.24) is 4.57 Å². The third-order valence-electron chi connectivity index (χ3n) is 2.42. The van der Waals surface area contributed by atoms with E-state index in [1.165, 1.54) is 22.9 Å². The predicted octanol–water partition coefficient (Wildman–Crippen LogP) is 2.54. The molecule has 0 aliphatic heterocycles. The SMILES string of the molecule is Cn1cc(C(=O)O)c(=O)c2cc(Cl)cc(Cl)c21. The van der Waals surface area contributed by atoms with E-state index in [-0.39, 0.29) is 10.9 Å². The highest BCUT2D eigenvalue weighted by atomic mass is 35.5. The van der Waals surface area contributed by atoms with Crippen LogP contribution in [-0.2, 0) is 7.05 Å². The summed E-state index contributed by atoms with van der Waals surface area (Å²) >= 11 is 11.8. The Morgan fingerprint density at radius 3 is 2.59 bits per heavy atom. The van der Waals surface area contributed by atoms with Gasteiger partial charge in [0.05, 0.1) is 10.5 Å². The van der Waals surface area contributed by atoms with Crippen LogP contribution in [0, 0.1) is 0 Å². The van der Waals surface area contributed by atoms with Crippen molar-refractivity contribution in [3.05, 3.63) is 44.2 Å². The van der Waals surface area contributed by atoms with Crippen LogP contribution >= 0.6 is 23.2 Å². The second-order valence-electron chi connectivity index (χ2n) is 3.57. The van der Waals surface area contributed by atoms with Gasteiger partial charge in [-0.3, -0.25) is 4.79 Å². The topological polar surface area (TPSA) is 59.3 Å². The highest BCUT2D eigenvalue weighted by Gasteiger charge is 2.15. The van der Waals surface area contributed by atoms with Crippen LogP contribution in [0.4, 0.5) is 0 Å². The average molecular weight is 272 g/mol. The lowest BCUT2D eigenvalue weighted by atomic mass is 10.1. The number of nitrogens with zero attached hydrogens (tertiary/aromatic N) is 1. The molecule has 0 amide bonds. The highest BCUT2D eigenvalue weighted by Crippen LogP contribution is 2.25. The van der Waals surface area contributed by atoms with Crippen LogP contribution < -0.4 is 5.43 Å². The quantitative estimate of drug-likeness (QED) is 0.867. The first-order chi connectivity index (χ1) is 7.91. The number of aromatic carboxylic acids is 1. The summed E-state index contributed by atoms with van der Waals surface area (Å²) in [4.78, 5) is 22.8. The van der Waals surface area contributed by atoms with Gasteiger partial charge in [-0.2, -0.15) is 0 Å². The summed E-state index contributed by atoms with van der Waals surface area (Å²) in [5.41, 5.74) is -0.431. The van der Waals surface area contributed by atoms with Crippen LogP contribution in [0.5, 0.6) is 0 Å². The molecule has 1 aromatic heterocycles. The molecule has 1 aromatic carbocycles. The summed E-state index contributed by atoms with van der Waals surface area (Å²) in [5.74, 6) is -1.27. The largest absolute Gasteiger partial charge is 0.477 e. The van der Waals surface area contributed by atoms with E-state index in [4.69, 9.17) is 28.3 Å². The smallest absolute Gasteiger partial charge is 0.341 e. The van der Waals surface area contributed by atoms with Crippen molar-refractivity contribution in [2.75, 3.05) is 0 Å². The maximum Gasteiger partial charge on any atom is 0.341 e. The second-order valence-corrected chi connectivity index (χ2v) is 4.42. The Kier molecular flexibility index (Phi) is 2.85. The third-order valence-corrected chi connectivity index (χ3v) is 2.93. The zero-order chi connectivity index (χ0) is 12.7. The number of aromatic nitrogens is 1. The fraction of sp³-hybridized carbons (Fsp3) is 0.0909. The predicted molar refractivity (Wildman–Crippen MR) is 66.2 cm³/mol. The summed E-state index contributed by atoms with van der Waals surface area (Å²) in [5, 5.41) is 9.71. The molecule has 0 fully saturated rings. The number of hydrogen-bond donors (Lipinski definition) is 1. The Bertz CT molecular complexity index is 691. The van der Waals surface area contributed by atoms with Crippen LogP contribution in [0.15, 0.2) is 23.1 Å². The molecule has 0 aliphatic rings. The number of benzene rings is 1. The fourth-order valence-electron chi connectivity index (χ4n) is 1.71. The summed E-state index contributed by atoms with van der Waals surface area (Å²) in [6, 6.07) is 2.92. The maximum absolute atomic E-state index is 11.9. The Hall–Kier alpha value is -1.52. The minimum atomic E-state index is -1.27. The lowest BCUT2D eigenvalue weighted by Gasteiger charge is -2.08. The van der Waals surface area contributed by atoms with Crippen molar-refractivity contribution < 1.29 is 9.90 Å². The second kappa shape index (κ2) is 4.05. The van der Waals surface area contributed by atoms with E-state index < -0.39 is 11.4 Å². The van der Waals surface area contributed by atoms with E-state index in [0.29, 0.717) is 15.6 Å². The molecule has 17 heavy (non-hydrogen) atoms. The Morgan fingerprint density at radius 2 is 2.00 bits per heavy atom. The van der Waals surface area contributed by atoms with Crippen LogP contribution in [-0.4, -0.2) is 15.6 Å². The number of halogens is 2. The van der Waals surface area contributed by atoms with Crippen LogP contribution in [0.1, 0.15) is 10.4 Å². The van der Waals surface area contributed by atoms with Gasteiger partial charge in [-0.1, -0.05) is 23.2 Å². The number of carbonyl (C=O) groups is 1. The molecule has 1 heterocycles. The maximum atomic E-state index is 11.9. The van der Waals surface area contributed by atoms with E-state index in [2.05, 4.69) is 0 Å². The standard InChI is InChI=1S/C11H7Cl2NO3/c1-14-4-7(11(16)17)10(15)6-2-5(12)3-8(13)9(6)14/h2-4H,1H3,(H,16,17). The Labute approximate surface area is 106 Å². The molecule has 2 rings (SSSR count). The Morgan fingerprint density at radius 1 is 1.35 bits per heavy atom. The summed E-state index contributed by atoms with van der Waals surface area (Å²) in [7, 11) is 1.62. The molecule has 0 saturated carbocycles. The molecule has 1 N–H and O–H groups in total. The van der Waals surface area contributed by atoms with Gasteiger partial charge in [0.15, 0.2) is 0 Å². The molecule has 0 aliphatic carbocycles. The summed E-state index contributed by atoms with van der Waals surface area (Å²) in [6.07, 6.45) is 1.24. The van der Waals surface area contributed by atoms with Crippen LogP contribution in [0.2, 0.25) is 10.0 Å². The molecule has 0 atom stereocenters. The van der Waals surface area contributed by atoms with Gasteiger partial charge in [0.2, 0.25) is 5.43 Å². The Balaban J connectivity index is 3.04. The average Bonchev–Trinajstić information content (AvgIpc) is 2.21. The molecular formula is C11H7Cl2NO3. The lowest BCUT2D eigenvalue weighted by Crippen LogP contribution is -2.18. The van der Waals surface area contributed by atoms with Gasteiger partial charge in [-0.25, -0.2) is 4.79 Å². The molecule has 2 aromatic rings. The minimum Gasteiger partial charge on any atom is -0.477 e. The molecule has 0 radical (unpaired) electrons. The molecular weight excluding hydrogens is 265 g/mol. The first-order valence-corrected chi connectivity index (χ1v) is 5.39. The van der Waals surface area contributed by atoms with Crippen molar-refractivity contribution in [2.45, 2.75) is 0 Å². The monoisotopic (exact) mass is 271 g/mol. The molecule has 0 saturated heterocycles. The minimum absolute atomic E-state index is 0.199.